The van der Waals surface area contributed by atoms with Crippen molar-refractivity contribution in [2.45, 2.75) is 51.7 Å². The van der Waals surface area contributed by atoms with Crippen LogP contribution in [0.5, 0.6) is 5.75 Å². The number of benzene rings is 1. The number of para-hydroxylation sites is 2. The van der Waals surface area contributed by atoms with Crippen LogP contribution < -0.4 is 9.64 Å². The van der Waals surface area contributed by atoms with Crippen LogP contribution in [0.15, 0.2) is 46.6 Å². The van der Waals surface area contributed by atoms with Gasteiger partial charge in [0.25, 0.3) is 0 Å². The summed E-state index contributed by atoms with van der Waals surface area (Å²) >= 11 is 0. The smallest absolute Gasteiger partial charge is 0.236 e. The summed E-state index contributed by atoms with van der Waals surface area (Å²) in [6.45, 7) is 9.85. The fourth-order valence-electron chi connectivity index (χ4n) is 6.93. The Labute approximate surface area is 213 Å². The van der Waals surface area contributed by atoms with Gasteiger partial charge in [0.1, 0.15) is 5.75 Å². The minimum absolute atomic E-state index is 0.00148. The lowest BCUT2D eigenvalue weighted by Gasteiger charge is -2.36. The lowest BCUT2D eigenvalue weighted by atomic mass is 9.71. The van der Waals surface area contributed by atoms with Crippen LogP contribution in [0.1, 0.15) is 39.5 Å². The molecule has 2 amide bonds. The minimum Gasteiger partial charge on any atom is -0.495 e. The molecule has 0 saturated carbocycles. The molecule has 0 spiro atoms. The number of allylic oxidation sites excluding steroid dienone is 2. The van der Waals surface area contributed by atoms with Crippen LogP contribution in [-0.2, 0) is 14.3 Å². The lowest BCUT2D eigenvalue weighted by Crippen LogP contribution is -2.46. The monoisotopic (exact) mass is 491 g/mol. The quantitative estimate of drug-likeness (QED) is 0.331. The van der Waals surface area contributed by atoms with Gasteiger partial charge in [0.15, 0.2) is 0 Å². The van der Waals surface area contributed by atoms with Gasteiger partial charge in [-0.05, 0) is 69.4 Å². The van der Waals surface area contributed by atoms with Crippen LogP contribution in [0, 0.1) is 11.8 Å². The summed E-state index contributed by atoms with van der Waals surface area (Å²) in [5, 5.41) is 0. The fraction of sp³-hybridized carbons (Fsp3) is 0.586. The number of ether oxygens (including phenoxy) is 2. The molecule has 4 aliphatic heterocycles. The number of hydrogen-bond donors (Lipinski definition) is 0. The van der Waals surface area contributed by atoms with E-state index in [-0.39, 0.29) is 35.9 Å². The Kier molecular flexibility index (Phi) is 6.16. The summed E-state index contributed by atoms with van der Waals surface area (Å²) < 4.78 is 11.8. The van der Waals surface area contributed by atoms with Crippen molar-refractivity contribution in [1.29, 1.82) is 0 Å². The number of likely N-dealkylation sites (tertiary alicyclic amines) is 1. The van der Waals surface area contributed by atoms with E-state index >= 15 is 0 Å². The molecular formula is C29H37N3O4. The van der Waals surface area contributed by atoms with E-state index in [0.717, 1.165) is 69.8 Å². The second-order valence-electron chi connectivity index (χ2n) is 11.0. The standard InChI is InChI=1S/C29H37N3O4/c1-18-16-20-21(17-19(18)2)27-25-24(26(20)36-27)28(33)32(29(25)34)11-7-6-10-30-12-14-31(15-13-30)22-8-4-5-9-23(22)35-3/h4-5,8-9,24-27H,6-7,10-17H2,1-3H3. The average molecular weight is 492 g/mol. The zero-order valence-electron chi connectivity index (χ0n) is 21.7. The number of carbonyl (C=O) groups is 2. The highest BCUT2D eigenvalue weighted by atomic mass is 16.5. The second-order valence-corrected chi connectivity index (χ2v) is 11.0. The predicted molar refractivity (Wildman–Crippen MR) is 138 cm³/mol. The molecule has 36 heavy (non-hydrogen) atoms. The molecule has 7 heteroatoms. The molecule has 4 unspecified atom stereocenters. The Balaban J connectivity index is 0.987. The molecule has 1 aliphatic carbocycles. The molecule has 5 aliphatic rings. The van der Waals surface area contributed by atoms with E-state index in [2.05, 4.69) is 35.8 Å². The lowest BCUT2D eigenvalue weighted by molar-refractivity contribution is -0.142. The van der Waals surface area contributed by atoms with Gasteiger partial charge in [-0.25, -0.2) is 0 Å². The van der Waals surface area contributed by atoms with Gasteiger partial charge < -0.3 is 14.4 Å². The highest BCUT2D eigenvalue weighted by molar-refractivity contribution is 6.07. The third-order valence-electron chi connectivity index (χ3n) is 9.08. The zero-order valence-corrected chi connectivity index (χ0v) is 21.7. The van der Waals surface area contributed by atoms with E-state index in [1.807, 2.05) is 12.1 Å². The van der Waals surface area contributed by atoms with Crippen LogP contribution in [0.4, 0.5) is 5.69 Å². The molecule has 4 heterocycles. The molecule has 2 bridgehead atoms. The first-order chi connectivity index (χ1) is 17.5. The van der Waals surface area contributed by atoms with Crippen LogP contribution >= 0.6 is 0 Å². The Bertz CT molecular complexity index is 1090. The Morgan fingerprint density at radius 3 is 2.06 bits per heavy atom. The fourth-order valence-corrected chi connectivity index (χ4v) is 6.93. The van der Waals surface area contributed by atoms with Crippen molar-refractivity contribution in [1.82, 2.24) is 9.80 Å². The average Bonchev–Trinajstić information content (AvgIpc) is 3.52. The van der Waals surface area contributed by atoms with Gasteiger partial charge in [0, 0.05) is 32.7 Å². The third kappa shape index (κ3) is 3.79. The number of nitrogens with zero attached hydrogens (tertiary/aromatic N) is 3. The Morgan fingerprint density at radius 2 is 1.44 bits per heavy atom. The van der Waals surface area contributed by atoms with Gasteiger partial charge in [0.2, 0.25) is 11.8 Å². The summed E-state index contributed by atoms with van der Waals surface area (Å²) in [5.41, 5.74) is 6.52. The van der Waals surface area contributed by atoms with Crippen LogP contribution in [0.25, 0.3) is 0 Å². The molecule has 192 valence electrons. The number of anilines is 1. The molecule has 7 nitrogen and oxygen atoms in total. The zero-order chi connectivity index (χ0) is 25.0. The number of imide groups is 1. The molecule has 6 rings (SSSR count). The number of piperazine rings is 1. The van der Waals surface area contributed by atoms with Crippen molar-refractivity contribution in [3.63, 3.8) is 0 Å². The van der Waals surface area contributed by atoms with E-state index in [9.17, 15) is 9.59 Å². The molecule has 4 atom stereocenters. The maximum Gasteiger partial charge on any atom is 0.236 e. The van der Waals surface area contributed by atoms with E-state index in [1.54, 1.807) is 12.0 Å². The van der Waals surface area contributed by atoms with Crippen molar-refractivity contribution in [3.8, 4) is 5.75 Å². The normalized spacial score (nSPS) is 30.0. The summed E-state index contributed by atoms with van der Waals surface area (Å²) in [7, 11) is 1.72. The first-order valence-corrected chi connectivity index (χ1v) is 13.5. The number of rotatable bonds is 7. The molecule has 0 aromatic heterocycles. The summed E-state index contributed by atoms with van der Waals surface area (Å²) in [5.74, 6) is 0.329. The molecule has 0 N–H and O–H groups in total. The molecule has 1 aromatic carbocycles. The highest BCUT2D eigenvalue weighted by Gasteiger charge is 2.64. The van der Waals surface area contributed by atoms with Crippen molar-refractivity contribution in [2.75, 3.05) is 51.3 Å². The van der Waals surface area contributed by atoms with Gasteiger partial charge in [-0.2, -0.15) is 0 Å². The number of methoxy groups -OCH3 is 1. The molecule has 1 aromatic rings. The number of unbranched alkanes of at least 4 members (excludes halogenated alkanes) is 1. The van der Waals surface area contributed by atoms with Gasteiger partial charge in [0.05, 0.1) is 36.8 Å². The van der Waals surface area contributed by atoms with Gasteiger partial charge in [-0.3, -0.25) is 19.4 Å². The number of hydrogen-bond acceptors (Lipinski definition) is 6. The largest absolute Gasteiger partial charge is 0.495 e. The van der Waals surface area contributed by atoms with Crippen molar-refractivity contribution >= 4 is 17.5 Å². The predicted octanol–water partition coefficient (Wildman–Crippen LogP) is 3.41. The molecule has 3 fully saturated rings. The van der Waals surface area contributed by atoms with Crippen LogP contribution in [-0.4, -0.2) is 80.2 Å². The second kappa shape index (κ2) is 9.34. The van der Waals surface area contributed by atoms with E-state index in [0.29, 0.717) is 6.54 Å². The van der Waals surface area contributed by atoms with Crippen LogP contribution in [0.3, 0.4) is 0 Å². The summed E-state index contributed by atoms with van der Waals surface area (Å²) in [4.78, 5) is 33.0. The minimum atomic E-state index is -0.296. The highest BCUT2D eigenvalue weighted by Crippen LogP contribution is 2.55. The molecular weight excluding hydrogens is 454 g/mol. The van der Waals surface area contributed by atoms with Crippen molar-refractivity contribution in [2.24, 2.45) is 11.8 Å². The first-order valence-electron chi connectivity index (χ1n) is 13.5. The first kappa shape index (κ1) is 23.7. The van der Waals surface area contributed by atoms with Gasteiger partial charge in [-0.1, -0.05) is 23.3 Å². The summed E-state index contributed by atoms with van der Waals surface area (Å²) in [6, 6.07) is 8.19. The maximum absolute atomic E-state index is 13.3. The SMILES string of the molecule is COc1ccccc1N1CCN(CCCCN2C(=O)C3C4OC(C5=C4CC(C)=C(C)C5)C3C2=O)CC1. The van der Waals surface area contributed by atoms with E-state index in [4.69, 9.17) is 9.47 Å². The number of fused-ring (bicyclic) bond motifs is 7. The molecule has 0 radical (unpaired) electrons. The Hall–Kier alpha value is -2.64. The summed E-state index contributed by atoms with van der Waals surface area (Å²) in [6.07, 6.45) is 3.28. The van der Waals surface area contributed by atoms with Gasteiger partial charge in [-0.15, -0.1) is 0 Å². The molecule has 3 saturated heterocycles. The van der Waals surface area contributed by atoms with Crippen molar-refractivity contribution < 1.29 is 19.1 Å². The van der Waals surface area contributed by atoms with Crippen LogP contribution in [0.2, 0.25) is 0 Å². The number of carbonyl (C=O) groups excluding carboxylic acids is 2. The topological polar surface area (TPSA) is 62.3 Å². The third-order valence-corrected chi connectivity index (χ3v) is 9.08. The van der Waals surface area contributed by atoms with Crippen molar-refractivity contribution in [3.05, 3.63) is 46.6 Å². The van der Waals surface area contributed by atoms with E-state index < -0.39 is 0 Å². The van der Waals surface area contributed by atoms with Gasteiger partial charge >= 0.3 is 0 Å². The Morgan fingerprint density at radius 1 is 0.861 bits per heavy atom. The van der Waals surface area contributed by atoms with E-state index in [1.165, 1.54) is 22.3 Å². The maximum atomic E-state index is 13.3. The number of amides is 2.